The quantitative estimate of drug-likeness (QED) is 0.521. The second-order valence-corrected chi connectivity index (χ2v) is 1.60. The van der Waals surface area contributed by atoms with E-state index in [9.17, 15) is 0 Å². The first-order chi connectivity index (χ1) is 3.91. The molecule has 0 rings (SSSR count). The highest BCUT2D eigenvalue weighted by atomic mass is 14.8. The van der Waals surface area contributed by atoms with Gasteiger partial charge in [-0.25, -0.2) is 0 Å². The molecule has 0 spiro atoms. The first-order valence-corrected chi connectivity index (χ1v) is 2.96. The Kier molecular flexibility index (Phi) is 6.09. The molecule has 0 aromatic rings. The van der Waals surface area contributed by atoms with E-state index in [-0.39, 0.29) is 0 Å². The first-order valence-electron chi connectivity index (χ1n) is 2.96. The molecule has 0 fully saturated rings. The van der Waals surface area contributed by atoms with Gasteiger partial charge in [-0.1, -0.05) is 6.08 Å². The van der Waals surface area contributed by atoms with E-state index in [2.05, 4.69) is 5.32 Å². The molecule has 0 aliphatic heterocycles. The fourth-order valence-electron chi connectivity index (χ4n) is 0.405. The lowest BCUT2D eigenvalue weighted by Gasteiger charge is -1.94. The lowest BCUT2D eigenvalue weighted by Crippen LogP contribution is -2.11. The van der Waals surface area contributed by atoms with Gasteiger partial charge in [-0.2, -0.15) is 0 Å². The Morgan fingerprint density at radius 3 is 2.88 bits per heavy atom. The fraction of sp³-hybridized carbons (Fsp3) is 0.667. The first kappa shape index (κ1) is 7.50. The SMILES string of the molecule is C/C=C\NCCCN. The maximum atomic E-state index is 5.25. The van der Waals surface area contributed by atoms with E-state index in [1.54, 1.807) is 0 Å². The molecule has 0 amide bonds. The maximum Gasteiger partial charge on any atom is 0.0153 e. The van der Waals surface area contributed by atoms with Crippen molar-refractivity contribution in [2.45, 2.75) is 13.3 Å². The van der Waals surface area contributed by atoms with Gasteiger partial charge in [-0.3, -0.25) is 0 Å². The monoisotopic (exact) mass is 114 g/mol. The minimum atomic E-state index is 0.768. The molecule has 8 heavy (non-hydrogen) atoms. The van der Waals surface area contributed by atoms with Crippen LogP contribution in [0.1, 0.15) is 13.3 Å². The molecule has 0 radical (unpaired) electrons. The predicted octanol–water partition coefficient (Wildman–Crippen LogP) is 0.458. The summed E-state index contributed by atoms with van der Waals surface area (Å²) in [6.45, 7) is 3.74. The average Bonchev–Trinajstić information content (AvgIpc) is 1.81. The van der Waals surface area contributed by atoms with Gasteiger partial charge in [-0.15, -0.1) is 0 Å². The van der Waals surface area contributed by atoms with Gasteiger partial charge in [0.1, 0.15) is 0 Å². The number of nitrogens with two attached hydrogens (primary N) is 1. The van der Waals surface area contributed by atoms with Crippen molar-refractivity contribution in [3.05, 3.63) is 12.3 Å². The van der Waals surface area contributed by atoms with Crippen LogP contribution in [0.15, 0.2) is 12.3 Å². The summed E-state index contributed by atoms with van der Waals surface area (Å²) in [6.07, 6.45) is 4.94. The zero-order chi connectivity index (χ0) is 6.24. The van der Waals surface area contributed by atoms with E-state index >= 15 is 0 Å². The van der Waals surface area contributed by atoms with Gasteiger partial charge in [0.25, 0.3) is 0 Å². The van der Waals surface area contributed by atoms with Crippen LogP contribution in [0.3, 0.4) is 0 Å². The molecule has 0 saturated heterocycles. The zero-order valence-electron chi connectivity index (χ0n) is 5.35. The van der Waals surface area contributed by atoms with Crippen molar-refractivity contribution in [1.82, 2.24) is 5.32 Å². The van der Waals surface area contributed by atoms with Crippen molar-refractivity contribution >= 4 is 0 Å². The Hall–Kier alpha value is -0.500. The molecule has 48 valence electrons. The van der Waals surface area contributed by atoms with E-state index in [0.717, 1.165) is 19.5 Å². The molecule has 0 unspecified atom stereocenters. The Balaban J connectivity index is 2.72. The number of hydrogen-bond acceptors (Lipinski definition) is 2. The summed E-state index contributed by atoms with van der Waals surface area (Å²) in [5.41, 5.74) is 5.25. The van der Waals surface area contributed by atoms with E-state index in [1.807, 2.05) is 19.2 Å². The molecule has 2 nitrogen and oxygen atoms in total. The molecule has 0 aromatic heterocycles. The minimum absolute atomic E-state index is 0.768. The zero-order valence-corrected chi connectivity index (χ0v) is 5.35. The topological polar surface area (TPSA) is 38.0 Å². The van der Waals surface area contributed by atoms with Gasteiger partial charge in [0, 0.05) is 6.54 Å². The second kappa shape index (κ2) is 6.50. The van der Waals surface area contributed by atoms with Crippen molar-refractivity contribution in [3.8, 4) is 0 Å². The highest BCUT2D eigenvalue weighted by molar-refractivity contribution is 4.73. The van der Waals surface area contributed by atoms with Crippen LogP contribution in [0.25, 0.3) is 0 Å². The molecule has 0 aromatic carbocycles. The molecular weight excluding hydrogens is 100 g/mol. The molecule has 0 heterocycles. The van der Waals surface area contributed by atoms with Gasteiger partial charge >= 0.3 is 0 Å². The molecule has 3 N–H and O–H groups in total. The van der Waals surface area contributed by atoms with Crippen LogP contribution < -0.4 is 11.1 Å². The largest absolute Gasteiger partial charge is 0.391 e. The summed E-state index contributed by atoms with van der Waals surface area (Å²) in [5.74, 6) is 0. The Labute approximate surface area is 50.8 Å². The summed E-state index contributed by atoms with van der Waals surface area (Å²) in [4.78, 5) is 0. The van der Waals surface area contributed by atoms with Gasteiger partial charge in [0.15, 0.2) is 0 Å². The number of nitrogens with one attached hydrogen (secondary N) is 1. The van der Waals surface area contributed by atoms with E-state index in [0.29, 0.717) is 0 Å². The van der Waals surface area contributed by atoms with Gasteiger partial charge in [0.2, 0.25) is 0 Å². The van der Waals surface area contributed by atoms with Crippen LogP contribution in [-0.2, 0) is 0 Å². The Morgan fingerprint density at radius 1 is 1.62 bits per heavy atom. The normalized spacial score (nSPS) is 10.2. The summed E-state index contributed by atoms with van der Waals surface area (Å²) < 4.78 is 0. The highest BCUT2D eigenvalue weighted by Gasteiger charge is 1.75. The van der Waals surface area contributed by atoms with Crippen molar-refractivity contribution < 1.29 is 0 Å². The van der Waals surface area contributed by atoms with Crippen LogP contribution in [0, 0.1) is 0 Å². The van der Waals surface area contributed by atoms with Crippen molar-refractivity contribution in [2.24, 2.45) is 5.73 Å². The summed E-state index contributed by atoms with van der Waals surface area (Å²) >= 11 is 0. The Morgan fingerprint density at radius 2 is 2.38 bits per heavy atom. The standard InChI is InChI=1S/C6H14N2/c1-2-5-8-6-3-4-7/h2,5,8H,3-4,6-7H2,1H3/b5-2-. The van der Waals surface area contributed by atoms with Crippen molar-refractivity contribution in [3.63, 3.8) is 0 Å². The van der Waals surface area contributed by atoms with E-state index in [4.69, 9.17) is 5.73 Å². The summed E-state index contributed by atoms with van der Waals surface area (Å²) in [5, 5.41) is 3.08. The average molecular weight is 114 g/mol. The maximum absolute atomic E-state index is 5.25. The van der Waals surface area contributed by atoms with E-state index < -0.39 is 0 Å². The second-order valence-electron chi connectivity index (χ2n) is 1.60. The Bertz CT molecular complexity index is 59.5. The lowest BCUT2D eigenvalue weighted by molar-refractivity contribution is 0.761. The third-order valence-corrected chi connectivity index (χ3v) is 0.810. The third-order valence-electron chi connectivity index (χ3n) is 0.810. The molecule has 0 aliphatic carbocycles. The van der Waals surface area contributed by atoms with Gasteiger partial charge in [-0.05, 0) is 26.1 Å². The molecule has 2 heteroatoms. The molecular formula is C6H14N2. The van der Waals surface area contributed by atoms with Crippen LogP contribution in [0.4, 0.5) is 0 Å². The van der Waals surface area contributed by atoms with E-state index in [1.165, 1.54) is 0 Å². The molecule has 0 atom stereocenters. The van der Waals surface area contributed by atoms with Crippen molar-refractivity contribution in [2.75, 3.05) is 13.1 Å². The lowest BCUT2D eigenvalue weighted by atomic mass is 10.4. The third kappa shape index (κ3) is 5.50. The van der Waals surface area contributed by atoms with Gasteiger partial charge < -0.3 is 11.1 Å². The fourth-order valence-corrected chi connectivity index (χ4v) is 0.405. The predicted molar refractivity (Wildman–Crippen MR) is 36.5 cm³/mol. The molecule has 0 aliphatic rings. The van der Waals surface area contributed by atoms with Gasteiger partial charge in [0.05, 0.1) is 0 Å². The van der Waals surface area contributed by atoms with Crippen LogP contribution >= 0.6 is 0 Å². The summed E-state index contributed by atoms with van der Waals surface area (Å²) in [7, 11) is 0. The molecule has 0 saturated carbocycles. The summed E-state index contributed by atoms with van der Waals surface area (Å²) in [6, 6.07) is 0. The minimum Gasteiger partial charge on any atom is -0.391 e. The smallest absolute Gasteiger partial charge is 0.0153 e. The number of allylic oxidation sites excluding steroid dienone is 1. The van der Waals surface area contributed by atoms with Crippen LogP contribution in [-0.4, -0.2) is 13.1 Å². The molecule has 0 bridgehead atoms. The number of rotatable bonds is 4. The number of hydrogen-bond donors (Lipinski definition) is 2. The van der Waals surface area contributed by atoms with Crippen LogP contribution in [0.2, 0.25) is 0 Å². The van der Waals surface area contributed by atoms with Crippen LogP contribution in [0.5, 0.6) is 0 Å². The highest BCUT2D eigenvalue weighted by Crippen LogP contribution is 1.69. The van der Waals surface area contributed by atoms with Crippen molar-refractivity contribution in [1.29, 1.82) is 0 Å².